The molecule has 17 nitrogen and oxygen atoms in total. The van der Waals surface area contributed by atoms with Gasteiger partial charge in [0.25, 0.3) is 5.91 Å². The van der Waals surface area contributed by atoms with Crippen LogP contribution in [0, 0.1) is 46.1 Å². The Balaban J connectivity index is 0.888. The van der Waals surface area contributed by atoms with E-state index in [4.69, 9.17) is 26.2 Å². The van der Waals surface area contributed by atoms with Gasteiger partial charge in [0.1, 0.15) is 76.6 Å². The van der Waals surface area contributed by atoms with Gasteiger partial charge in [0.2, 0.25) is 11.8 Å². The summed E-state index contributed by atoms with van der Waals surface area (Å²) in [6, 6.07) is 27.7. The highest BCUT2D eigenvalue weighted by molar-refractivity contribution is 6.09. The van der Waals surface area contributed by atoms with Crippen LogP contribution in [0.4, 0.5) is 31.9 Å². The molecule has 340 valence electrons. The van der Waals surface area contributed by atoms with Crippen LogP contribution in [0.25, 0.3) is 28.3 Å². The third kappa shape index (κ3) is 11.0. The maximum atomic E-state index is 13.8. The summed E-state index contributed by atoms with van der Waals surface area (Å²) in [7, 11) is 0. The number of nitrogen functional groups attached to an aromatic ring is 2. The summed E-state index contributed by atoms with van der Waals surface area (Å²) >= 11 is 0. The molecule has 0 saturated heterocycles. The van der Waals surface area contributed by atoms with Gasteiger partial charge in [-0.1, -0.05) is 30.3 Å². The average Bonchev–Trinajstić information content (AvgIpc) is 3.76. The van der Waals surface area contributed by atoms with Gasteiger partial charge in [0.15, 0.2) is 0 Å². The first kappa shape index (κ1) is 45.3. The molecule has 1 aliphatic carbocycles. The summed E-state index contributed by atoms with van der Waals surface area (Å²) in [6.45, 7) is 2.27. The van der Waals surface area contributed by atoms with Crippen LogP contribution in [0.5, 0.6) is 23.1 Å². The van der Waals surface area contributed by atoms with Crippen LogP contribution in [-0.2, 0) is 16.1 Å². The number of ether oxygens (including phenoxy) is 2. The number of halogens is 2. The van der Waals surface area contributed by atoms with Crippen molar-refractivity contribution in [3.8, 4) is 57.5 Å². The van der Waals surface area contributed by atoms with Crippen molar-refractivity contribution in [2.45, 2.75) is 32.4 Å². The van der Waals surface area contributed by atoms with E-state index in [9.17, 15) is 23.6 Å². The molecule has 1 unspecified atom stereocenters. The quantitative estimate of drug-likeness (QED) is 0.0456. The number of hydrogen-bond donors (Lipinski definition) is 5. The van der Waals surface area contributed by atoms with E-state index in [2.05, 4.69) is 41.0 Å². The van der Waals surface area contributed by atoms with E-state index < -0.39 is 23.5 Å². The zero-order valence-corrected chi connectivity index (χ0v) is 36.2. The molecule has 3 heterocycles. The van der Waals surface area contributed by atoms with Crippen molar-refractivity contribution in [1.29, 1.82) is 10.5 Å². The van der Waals surface area contributed by atoms with Crippen LogP contribution < -0.4 is 36.9 Å². The Morgan fingerprint density at radius 2 is 1.56 bits per heavy atom. The summed E-state index contributed by atoms with van der Waals surface area (Å²) in [4.78, 5) is 42.4. The molecule has 68 heavy (non-hydrogen) atoms. The van der Waals surface area contributed by atoms with Crippen LogP contribution >= 0.6 is 0 Å². The van der Waals surface area contributed by atoms with Crippen molar-refractivity contribution in [1.82, 2.24) is 35.0 Å². The van der Waals surface area contributed by atoms with Crippen molar-refractivity contribution in [2.24, 2.45) is 11.8 Å². The van der Waals surface area contributed by atoms with Crippen molar-refractivity contribution < 1.29 is 27.8 Å². The molecule has 8 rings (SSSR count). The Morgan fingerprint density at radius 1 is 0.853 bits per heavy atom. The fourth-order valence-corrected chi connectivity index (χ4v) is 7.42. The molecule has 0 bridgehead atoms. The standard InChI is InChI=1S/C49H41F2N13O4/c1-28(20-52)47(65)63-38-15-30(16-38)22-56-46-42(44(54)57-26-59-46)32-8-10-39(11-9-32)67-40-6-2-4-29(17-40)12-33(21-53)48(66)62-37-5-3-7-41(19-37)68-49-43(45(55)58-27-60-49)34-23-61-64(25-34)24-31-13-35(50)18-36(51)14-31/h2-14,17-19,23,25-28,30,38H,15-16,22,24H2,1H3,(H,62,66)(H,63,65)(H2,55,58,60)(H3,54,56,57,59). The van der Waals surface area contributed by atoms with Crippen molar-refractivity contribution in [3.05, 3.63) is 144 Å². The number of nitrogens with two attached hydrogens (primary N) is 2. The first-order chi connectivity index (χ1) is 32.9. The summed E-state index contributed by atoms with van der Waals surface area (Å²) in [5.74, 6) is -0.447. The molecule has 19 heteroatoms. The van der Waals surface area contributed by atoms with E-state index in [-0.39, 0.29) is 41.5 Å². The highest BCUT2D eigenvalue weighted by Crippen LogP contribution is 2.37. The SMILES string of the molecule is CC(C#N)C(=O)NC1CC(CNc2ncnc(N)c2-c2ccc(Oc3cccc(C=C(C#N)C(=O)Nc4cccc(Oc5ncnc(N)c5-c5cnn(Cc6cc(F)cc(F)c6)c5)c4)c3)cc2)C1. The van der Waals surface area contributed by atoms with Gasteiger partial charge < -0.3 is 36.9 Å². The number of hydrogen-bond acceptors (Lipinski definition) is 14. The van der Waals surface area contributed by atoms with E-state index >= 15 is 0 Å². The fraction of sp³-hybridized carbons (Fsp3) is 0.163. The van der Waals surface area contributed by atoms with Crippen LogP contribution in [0.15, 0.2) is 122 Å². The minimum Gasteiger partial charge on any atom is -0.457 e. The summed E-state index contributed by atoms with van der Waals surface area (Å²) in [6.07, 6.45) is 8.73. The number of nitriles is 2. The number of aromatic nitrogens is 6. The molecule has 7 N–H and O–H groups in total. The maximum Gasteiger partial charge on any atom is 0.266 e. The van der Waals surface area contributed by atoms with Gasteiger partial charge in [-0.25, -0.2) is 28.7 Å². The number of anilines is 4. The lowest BCUT2D eigenvalue weighted by Crippen LogP contribution is -2.47. The predicted molar refractivity (Wildman–Crippen MR) is 248 cm³/mol. The molecule has 3 aromatic heterocycles. The number of nitrogens with one attached hydrogen (secondary N) is 3. The Labute approximate surface area is 388 Å². The van der Waals surface area contributed by atoms with E-state index in [1.165, 1.54) is 41.7 Å². The van der Waals surface area contributed by atoms with Crippen LogP contribution in [0.2, 0.25) is 0 Å². The van der Waals surface area contributed by atoms with E-state index in [0.717, 1.165) is 24.5 Å². The Bertz CT molecular complexity index is 3100. The topological polar surface area (TPSA) is 258 Å². The molecule has 1 atom stereocenters. The Kier molecular flexibility index (Phi) is 13.5. The van der Waals surface area contributed by atoms with Gasteiger partial charge in [-0.05, 0) is 97.0 Å². The summed E-state index contributed by atoms with van der Waals surface area (Å²) in [5.41, 5.74) is 15.8. The minimum atomic E-state index is -0.703. The van der Waals surface area contributed by atoms with Crippen molar-refractivity contribution in [3.63, 3.8) is 0 Å². The van der Waals surface area contributed by atoms with Gasteiger partial charge in [0, 0.05) is 42.2 Å². The number of benzene rings is 4. The lowest BCUT2D eigenvalue weighted by molar-refractivity contribution is -0.124. The summed E-state index contributed by atoms with van der Waals surface area (Å²) < 4.78 is 41.3. The smallest absolute Gasteiger partial charge is 0.266 e. The second-order valence-electron chi connectivity index (χ2n) is 15.9. The molecule has 4 aromatic carbocycles. The molecule has 0 spiro atoms. The number of carbonyl (C=O) groups excluding carboxylic acids is 2. The van der Waals surface area contributed by atoms with E-state index in [1.807, 2.05) is 24.3 Å². The lowest BCUT2D eigenvalue weighted by atomic mass is 9.80. The van der Waals surface area contributed by atoms with Gasteiger partial charge in [-0.3, -0.25) is 14.3 Å². The van der Waals surface area contributed by atoms with Crippen molar-refractivity contribution >= 4 is 41.0 Å². The minimum absolute atomic E-state index is 0.0358. The predicted octanol–water partition coefficient (Wildman–Crippen LogP) is 7.88. The van der Waals surface area contributed by atoms with E-state index in [1.54, 1.807) is 73.8 Å². The lowest BCUT2D eigenvalue weighted by Gasteiger charge is -2.36. The van der Waals surface area contributed by atoms with Gasteiger partial charge in [0.05, 0.1) is 29.9 Å². The summed E-state index contributed by atoms with van der Waals surface area (Å²) in [5, 5.41) is 32.3. The zero-order valence-electron chi connectivity index (χ0n) is 36.2. The second-order valence-corrected chi connectivity index (χ2v) is 15.9. The number of rotatable bonds is 16. The largest absolute Gasteiger partial charge is 0.457 e. The van der Waals surface area contributed by atoms with E-state index in [0.29, 0.717) is 69.1 Å². The third-order valence-corrected chi connectivity index (χ3v) is 10.9. The maximum absolute atomic E-state index is 13.8. The highest BCUT2D eigenvalue weighted by atomic mass is 19.1. The normalized spacial score (nSPS) is 14.6. The van der Waals surface area contributed by atoms with Gasteiger partial charge >= 0.3 is 0 Å². The molecule has 1 fully saturated rings. The van der Waals surface area contributed by atoms with Crippen LogP contribution in [-0.4, -0.2) is 54.1 Å². The Morgan fingerprint density at radius 3 is 2.29 bits per heavy atom. The van der Waals surface area contributed by atoms with Crippen LogP contribution in [0.1, 0.15) is 30.9 Å². The fourth-order valence-electron chi connectivity index (χ4n) is 7.42. The van der Waals surface area contributed by atoms with Gasteiger partial charge in [-0.15, -0.1) is 0 Å². The first-order valence-corrected chi connectivity index (χ1v) is 21.1. The van der Waals surface area contributed by atoms with Crippen LogP contribution in [0.3, 0.4) is 0 Å². The number of nitrogens with zero attached hydrogens (tertiary/aromatic N) is 8. The zero-order chi connectivity index (χ0) is 47.7. The second kappa shape index (κ2) is 20.3. The Hall–Kier alpha value is -9.23. The highest BCUT2D eigenvalue weighted by Gasteiger charge is 2.31. The molecule has 0 aliphatic heterocycles. The van der Waals surface area contributed by atoms with Gasteiger partial charge in [-0.2, -0.15) is 15.6 Å². The molecular weight excluding hydrogens is 873 g/mol. The van der Waals surface area contributed by atoms with Crippen molar-refractivity contribution in [2.75, 3.05) is 28.6 Å². The number of carbonyl (C=O) groups is 2. The molecular formula is C49H41F2N13O4. The molecule has 2 amide bonds. The monoisotopic (exact) mass is 913 g/mol. The molecule has 7 aromatic rings. The average molecular weight is 914 g/mol. The molecule has 1 saturated carbocycles. The first-order valence-electron chi connectivity index (χ1n) is 21.1. The molecule has 0 radical (unpaired) electrons. The third-order valence-electron chi connectivity index (χ3n) is 10.9. The number of amides is 2. The molecule has 1 aliphatic rings.